The van der Waals surface area contributed by atoms with Gasteiger partial charge in [-0.25, -0.2) is 0 Å². The van der Waals surface area contributed by atoms with Crippen LogP contribution in [0.25, 0.3) is 6.08 Å². The molecule has 2 aromatic rings. The van der Waals surface area contributed by atoms with Crippen molar-refractivity contribution in [1.82, 2.24) is 10.2 Å². The van der Waals surface area contributed by atoms with Crippen LogP contribution < -0.4 is 15.0 Å². The quantitative estimate of drug-likeness (QED) is 0.584. The first kappa shape index (κ1) is 23.6. The molecule has 8 nitrogen and oxygen atoms in total. The number of rotatable bonds is 8. The van der Waals surface area contributed by atoms with E-state index in [1.54, 1.807) is 23.1 Å². The van der Waals surface area contributed by atoms with E-state index in [1.165, 1.54) is 0 Å². The Morgan fingerprint density at radius 3 is 2.62 bits per heavy atom. The molecule has 9 heteroatoms. The summed E-state index contributed by atoms with van der Waals surface area (Å²) in [7, 11) is 0. The van der Waals surface area contributed by atoms with Gasteiger partial charge in [-0.3, -0.25) is 24.1 Å². The number of ether oxygens (including phenoxy) is 1. The van der Waals surface area contributed by atoms with E-state index in [4.69, 9.17) is 4.74 Å². The predicted octanol–water partition coefficient (Wildman–Crippen LogP) is 3.29. The van der Waals surface area contributed by atoms with Crippen LogP contribution in [0, 0.1) is 5.92 Å². The van der Waals surface area contributed by atoms with E-state index in [0.29, 0.717) is 22.9 Å². The molecule has 0 radical (unpaired) electrons. The van der Waals surface area contributed by atoms with Gasteiger partial charge in [-0.15, -0.1) is 0 Å². The molecule has 176 valence electrons. The Balaban J connectivity index is 1.32. The number of thioether (sulfide) groups is 1. The summed E-state index contributed by atoms with van der Waals surface area (Å²) in [6.07, 6.45) is 1.77. The van der Waals surface area contributed by atoms with Gasteiger partial charge in [-0.2, -0.15) is 0 Å². The lowest BCUT2D eigenvalue weighted by molar-refractivity contribution is -0.127. The van der Waals surface area contributed by atoms with Crippen LogP contribution in [0.15, 0.2) is 59.5 Å². The number of hydrogen-bond donors (Lipinski definition) is 1. The summed E-state index contributed by atoms with van der Waals surface area (Å²) in [6.45, 7) is 2.77. The molecule has 1 unspecified atom stereocenters. The molecular formula is C25H25N3O5S. The number of nitrogens with zero attached hydrogens (tertiary/aromatic N) is 2. The Kier molecular flexibility index (Phi) is 7.32. The summed E-state index contributed by atoms with van der Waals surface area (Å²) >= 11 is 0.887. The van der Waals surface area contributed by atoms with Crippen LogP contribution in [-0.2, 0) is 14.4 Å². The number of imide groups is 1. The van der Waals surface area contributed by atoms with Crippen LogP contribution in [0.3, 0.4) is 0 Å². The van der Waals surface area contributed by atoms with Gasteiger partial charge in [0.15, 0.2) is 0 Å². The Morgan fingerprint density at radius 2 is 1.85 bits per heavy atom. The topological polar surface area (TPSA) is 96.0 Å². The molecule has 4 rings (SSSR count). The summed E-state index contributed by atoms with van der Waals surface area (Å²) in [4.78, 5) is 53.2. The summed E-state index contributed by atoms with van der Waals surface area (Å²) in [5.74, 6) is -0.721. The number of carbonyl (C=O) groups is 4. The Labute approximate surface area is 201 Å². The van der Waals surface area contributed by atoms with Crippen molar-refractivity contribution in [2.24, 2.45) is 5.92 Å². The fourth-order valence-electron chi connectivity index (χ4n) is 3.90. The van der Waals surface area contributed by atoms with Gasteiger partial charge in [0, 0.05) is 26.1 Å². The smallest absolute Gasteiger partial charge is 0.293 e. The number of hydrogen-bond acceptors (Lipinski definition) is 6. The molecule has 2 heterocycles. The molecule has 1 atom stereocenters. The number of benzene rings is 2. The highest BCUT2D eigenvalue weighted by molar-refractivity contribution is 8.18. The molecule has 0 saturated carbocycles. The number of amides is 4. The Morgan fingerprint density at radius 1 is 1.12 bits per heavy atom. The highest BCUT2D eigenvalue weighted by Gasteiger charge is 2.37. The molecule has 34 heavy (non-hydrogen) atoms. The van der Waals surface area contributed by atoms with E-state index in [2.05, 4.69) is 5.32 Å². The molecule has 2 aliphatic rings. The molecule has 2 fully saturated rings. The molecule has 1 N–H and O–H groups in total. The van der Waals surface area contributed by atoms with Gasteiger partial charge in [0.05, 0.1) is 23.1 Å². The first-order valence-electron chi connectivity index (χ1n) is 11.1. The average Bonchev–Trinajstić information content (AvgIpc) is 3.35. The standard InChI is InChI=1S/C25H25N3O5S/c1-2-33-20-11-7-6-10-19(20)28-16-18(15-22(28)29)23(30)26-12-13-27-24(31)21(34-25(27)32)14-17-8-4-3-5-9-17/h3-11,14,18H,2,12-13,15-16H2,1H3,(H,26,30)/b21-14-. The van der Waals surface area contributed by atoms with Gasteiger partial charge < -0.3 is 15.0 Å². The fourth-order valence-corrected chi connectivity index (χ4v) is 4.77. The maximum atomic E-state index is 12.7. The van der Waals surface area contributed by atoms with Gasteiger partial charge in [-0.1, -0.05) is 42.5 Å². The average molecular weight is 480 g/mol. The molecular weight excluding hydrogens is 454 g/mol. The van der Waals surface area contributed by atoms with Crippen molar-refractivity contribution < 1.29 is 23.9 Å². The Bertz CT molecular complexity index is 1130. The Hall–Kier alpha value is -3.59. The molecule has 2 saturated heterocycles. The number of anilines is 1. The SMILES string of the molecule is CCOc1ccccc1N1CC(C(=O)NCCN2C(=O)S/C(=C\c3ccccc3)C2=O)CC1=O. The fraction of sp³-hybridized carbons (Fsp3) is 0.280. The van der Waals surface area contributed by atoms with Crippen molar-refractivity contribution >= 4 is 46.5 Å². The molecule has 2 aromatic carbocycles. The van der Waals surface area contributed by atoms with Crippen LogP contribution >= 0.6 is 11.8 Å². The van der Waals surface area contributed by atoms with E-state index in [-0.39, 0.29) is 49.0 Å². The van der Waals surface area contributed by atoms with Gasteiger partial charge in [0.2, 0.25) is 11.8 Å². The second-order valence-electron chi connectivity index (χ2n) is 7.84. The lowest BCUT2D eigenvalue weighted by atomic mass is 10.1. The van der Waals surface area contributed by atoms with E-state index < -0.39 is 5.92 Å². The lowest BCUT2D eigenvalue weighted by Gasteiger charge is -2.20. The maximum absolute atomic E-state index is 12.7. The predicted molar refractivity (Wildman–Crippen MR) is 130 cm³/mol. The summed E-state index contributed by atoms with van der Waals surface area (Å²) in [6, 6.07) is 16.5. The van der Waals surface area contributed by atoms with Crippen molar-refractivity contribution in [1.29, 1.82) is 0 Å². The molecule has 0 aliphatic carbocycles. The van der Waals surface area contributed by atoms with E-state index in [0.717, 1.165) is 22.2 Å². The number of nitrogens with one attached hydrogen (secondary N) is 1. The normalized spacial score (nSPS) is 19.3. The maximum Gasteiger partial charge on any atom is 0.293 e. The van der Waals surface area contributed by atoms with Crippen LogP contribution in [0.2, 0.25) is 0 Å². The second kappa shape index (κ2) is 10.6. The van der Waals surface area contributed by atoms with Gasteiger partial charge >= 0.3 is 0 Å². The van der Waals surface area contributed by atoms with Crippen LogP contribution in [0.1, 0.15) is 18.9 Å². The van der Waals surface area contributed by atoms with E-state index >= 15 is 0 Å². The summed E-state index contributed by atoms with van der Waals surface area (Å²) < 4.78 is 5.61. The van der Waals surface area contributed by atoms with Gasteiger partial charge in [-0.05, 0) is 42.5 Å². The van der Waals surface area contributed by atoms with Crippen molar-refractivity contribution in [3.05, 3.63) is 65.1 Å². The van der Waals surface area contributed by atoms with Gasteiger partial charge in [0.1, 0.15) is 5.75 Å². The van der Waals surface area contributed by atoms with E-state index in [9.17, 15) is 19.2 Å². The van der Waals surface area contributed by atoms with Crippen molar-refractivity contribution in [3.63, 3.8) is 0 Å². The summed E-state index contributed by atoms with van der Waals surface area (Å²) in [5, 5.41) is 2.40. The third-order valence-corrected chi connectivity index (χ3v) is 6.46. The zero-order valence-electron chi connectivity index (χ0n) is 18.7. The first-order valence-corrected chi connectivity index (χ1v) is 11.9. The lowest BCUT2D eigenvalue weighted by Crippen LogP contribution is -2.40. The largest absolute Gasteiger partial charge is 0.492 e. The van der Waals surface area contributed by atoms with Crippen LogP contribution in [-0.4, -0.2) is 54.1 Å². The van der Waals surface area contributed by atoms with Crippen LogP contribution in [0.5, 0.6) is 5.75 Å². The minimum atomic E-state index is -0.518. The zero-order chi connectivity index (χ0) is 24.1. The van der Waals surface area contributed by atoms with E-state index in [1.807, 2.05) is 49.4 Å². The molecule has 0 bridgehead atoms. The van der Waals surface area contributed by atoms with Crippen LogP contribution in [0.4, 0.5) is 10.5 Å². The van der Waals surface area contributed by atoms with Crippen molar-refractivity contribution in [3.8, 4) is 5.75 Å². The highest BCUT2D eigenvalue weighted by atomic mass is 32.2. The molecule has 0 spiro atoms. The number of para-hydroxylation sites is 2. The minimum absolute atomic E-state index is 0.0695. The number of carbonyl (C=O) groups excluding carboxylic acids is 4. The van der Waals surface area contributed by atoms with Gasteiger partial charge in [0.25, 0.3) is 11.1 Å². The molecule has 0 aromatic heterocycles. The highest BCUT2D eigenvalue weighted by Crippen LogP contribution is 2.33. The van der Waals surface area contributed by atoms with Crippen molar-refractivity contribution in [2.75, 3.05) is 31.1 Å². The first-order chi connectivity index (χ1) is 16.5. The minimum Gasteiger partial charge on any atom is -0.492 e. The zero-order valence-corrected chi connectivity index (χ0v) is 19.5. The van der Waals surface area contributed by atoms with Crippen molar-refractivity contribution in [2.45, 2.75) is 13.3 Å². The summed E-state index contributed by atoms with van der Waals surface area (Å²) in [5.41, 5.74) is 1.48. The monoisotopic (exact) mass is 479 g/mol. The molecule has 2 aliphatic heterocycles. The third kappa shape index (κ3) is 5.14. The third-order valence-electron chi connectivity index (χ3n) is 5.56. The second-order valence-corrected chi connectivity index (χ2v) is 8.83. The molecule has 4 amide bonds.